The number of benzene rings is 1. The maximum atomic E-state index is 12.9. The number of carbonyl (C=O) groups excluding carboxylic acids is 1. The van der Waals surface area contributed by atoms with Gasteiger partial charge >= 0.3 is 0 Å². The van der Waals surface area contributed by atoms with Crippen molar-refractivity contribution in [2.75, 3.05) is 6.61 Å². The molecular formula is C17H19NO2S. The standard InChI is InChI=1S/C17H19NO2S/c19-10-11-7-13-5-6-14(8-11)18(13)17(20)16-9-12-3-1-2-4-15(12)21-16/h1-4,9,11,13-14,19H,5-8,10H2/t11?,13-,14+. The van der Waals surface area contributed by atoms with Crippen molar-refractivity contribution in [3.63, 3.8) is 0 Å². The Bertz CT molecular complexity index is 633. The number of fused-ring (bicyclic) bond motifs is 3. The van der Waals surface area contributed by atoms with Crippen LogP contribution in [0.25, 0.3) is 10.1 Å². The number of carbonyl (C=O) groups is 1. The first-order chi connectivity index (χ1) is 10.3. The normalized spacial score (nSPS) is 28.2. The van der Waals surface area contributed by atoms with Gasteiger partial charge in [-0.1, -0.05) is 18.2 Å². The summed E-state index contributed by atoms with van der Waals surface area (Å²) in [6, 6.07) is 10.9. The van der Waals surface area contributed by atoms with Gasteiger partial charge in [0.2, 0.25) is 0 Å². The van der Waals surface area contributed by atoms with Gasteiger partial charge in [0.1, 0.15) is 0 Å². The molecule has 2 aliphatic rings. The Balaban J connectivity index is 1.63. The molecule has 2 aliphatic heterocycles. The van der Waals surface area contributed by atoms with Crippen molar-refractivity contribution in [3.8, 4) is 0 Å². The summed E-state index contributed by atoms with van der Waals surface area (Å²) < 4.78 is 1.18. The van der Waals surface area contributed by atoms with E-state index in [2.05, 4.69) is 17.0 Å². The van der Waals surface area contributed by atoms with E-state index in [-0.39, 0.29) is 12.5 Å². The largest absolute Gasteiger partial charge is 0.396 e. The molecule has 0 saturated carbocycles. The summed E-state index contributed by atoms with van der Waals surface area (Å²) in [5.41, 5.74) is 0. The monoisotopic (exact) mass is 301 g/mol. The van der Waals surface area contributed by atoms with Crippen molar-refractivity contribution in [2.24, 2.45) is 5.92 Å². The van der Waals surface area contributed by atoms with Crippen LogP contribution in [0.4, 0.5) is 0 Å². The average molecular weight is 301 g/mol. The zero-order valence-electron chi connectivity index (χ0n) is 11.9. The molecule has 0 radical (unpaired) electrons. The second kappa shape index (κ2) is 5.11. The first kappa shape index (κ1) is 13.3. The van der Waals surface area contributed by atoms with Crippen LogP contribution in [0.15, 0.2) is 30.3 Å². The van der Waals surface area contributed by atoms with Crippen LogP contribution in [0, 0.1) is 5.92 Å². The summed E-state index contributed by atoms with van der Waals surface area (Å²) in [7, 11) is 0. The number of aliphatic hydroxyl groups excluding tert-OH is 1. The topological polar surface area (TPSA) is 40.5 Å². The highest BCUT2D eigenvalue weighted by atomic mass is 32.1. The van der Waals surface area contributed by atoms with Crippen molar-refractivity contribution in [1.29, 1.82) is 0 Å². The molecule has 2 aromatic rings. The van der Waals surface area contributed by atoms with Crippen LogP contribution >= 0.6 is 11.3 Å². The van der Waals surface area contributed by atoms with Crippen molar-refractivity contribution in [2.45, 2.75) is 37.8 Å². The van der Waals surface area contributed by atoms with Gasteiger partial charge in [0.15, 0.2) is 0 Å². The number of nitrogens with zero attached hydrogens (tertiary/aromatic N) is 1. The molecule has 1 aromatic carbocycles. The lowest BCUT2D eigenvalue weighted by Gasteiger charge is -2.38. The molecule has 2 fully saturated rings. The number of aliphatic hydroxyl groups is 1. The summed E-state index contributed by atoms with van der Waals surface area (Å²) in [6.07, 6.45) is 4.11. The lowest BCUT2D eigenvalue weighted by molar-refractivity contribution is 0.0458. The van der Waals surface area contributed by atoms with Gasteiger partial charge < -0.3 is 10.0 Å². The number of thiophene rings is 1. The maximum Gasteiger partial charge on any atom is 0.264 e. The smallest absolute Gasteiger partial charge is 0.264 e. The summed E-state index contributed by atoms with van der Waals surface area (Å²) in [5.74, 6) is 0.578. The molecule has 3 nitrogen and oxygen atoms in total. The Labute approximate surface area is 128 Å². The van der Waals surface area contributed by atoms with E-state index in [0.717, 1.165) is 35.9 Å². The fourth-order valence-corrected chi connectivity index (χ4v) is 4.99. The quantitative estimate of drug-likeness (QED) is 0.925. The molecular weight excluding hydrogens is 282 g/mol. The second-order valence-electron chi connectivity index (χ2n) is 6.27. The molecule has 4 heteroatoms. The first-order valence-electron chi connectivity index (χ1n) is 7.68. The third-order valence-corrected chi connectivity index (χ3v) is 6.06. The average Bonchev–Trinajstić information content (AvgIpc) is 3.05. The SMILES string of the molecule is O=C(c1cc2ccccc2s1)N1[C@@H]2CC[C@H]1CC(CO)C2. The lowest BCUT2D eigenvalue weighted by Crippen LogP contribution is -2.46. The van der Waals surface area contributed by atoms with Crippen LogP contribution in [0.3, 0.4) is 0 Å². The minimum atomic E-state index is 0.195. The number of hydrogen-bond donors (Lipinski definition) is 1. The van der Waals surface area contributed by atoms with Crippen LogP contribution in [-0.2, 0) is 0 Å². The Morgan fingerprint density at radius 1 is 1.24 bits per heavy atom. The van der Waals surface area contributed by atoms with Gasteiger partial charge in [0.05, 0.1) is 4.88 Å². The highest BCUT2D eigenvalue weighted by Gasteiger charge is 2.43. The van der Waals surface area contributed by atoms with E-state index in [1.165, 1.54) is 4.70 Å². The Kier molecular flexibility index (Phi) is 3.23. The van der Waals surface area contributed by atoms with E-state index < -0.39 is 0 Å². The molecule has 0 spiro atoms. The molecule has 3 heterocycles. The summed E-state index contributed by atoms with van der Waals surface area (Å²) in [4.78, 5) is 15.9. The minimum Gasteiger partial charge on any atom is -0.396 e. The molecule has 21 heavy (non-hydrogen) atoms. The predicted octanol–water partition coefficient (Wildman–Crippen LogP) is 3.28. The Morgan fingerprint density at radius 2 is 1.95 bits per heavy atom. The number of amides is 1. The summed E-state index contributed by atoms with van der Waals surface area (Å²) in [5, 5.41) is 10.5. The van der Waals surface area contributed by atoms with Crippen LogP contribution in [0.2, 0.25) is 0 Å². The fourth-order valence-electron chi connectivity index (χ4n) is 3.98. The molecule has 3 atom stereocenters. The van der Waals surface area contributed by atoms with Crippen LogP contribution in [-0.4, -0.2) is 34.6 Å². The van der Waals surface area contributed by atoms with E-state index in [0.29, 0.717) is 18.0 Å². The van der Waals surface area contributed by atoms with Gasteiger partial charge in [0, 0.05) is 23.4 Å². The van der Waals surface area contributed by atoms with Crippen molar-refractivity contribution in [1.82, 2.24) is 4.90 Å². The summed E-state index contributed by atoms with van der Waals surface area (Å²) in [6.45, 7) is 0.262. The number of rotatable bonds is 2. The molecule has 1 unspecified atom stereocenters. The molecule has 1 N–H and O–H groups in total. The molecule has 2 bridgehead atoms. The van der Waals surface area contributed by atoms with E-state index >= 15 is 0 Å². The van der Waals surface area contributed by atoms with Gasteiger partial charge in [-0.2, -0.15) is 0 Å². The van der Waals surface area contributed by atoms with E-state index in [4.69, 9.17) is 0 Å². The van der Waals surface area contributed by atoms with Crippen LogP contribution in [0.1, 0.15) is 35.4 Å². The Morgan fingerprint density at radius 3 is 2.62 bits per heavy atom. The number of hydrogen-bond acceptors (Lipinski definition) is 3. The Hall–Kier alpha value is -1.39. The minimum absolute atomic E-state index is 0.195. The summed E-state index contributed by atoms with van der Waals surface area (Å²) >= 11 is 1.60. The van der Waals surface area contributed by atoms with Crippen molar-refractivity contribution >= 4 is 27.3 Å². The zero-order valence-corrected chi connectivity index (χ0v) is 12.7. The number of piperidine rings is 1. The molecule has 1 amide bonds. The molecule has 2 saturated heterocycles. The fraction of sp³-hybridized carbons (Fsp3) is 0.471. The molecule has 110 valence electrons. The highest BCUT2D eigenvalue weighted by molar-refractivity contribution is 7.20. The first-order valence-corrected chi connectivity index (χ1v) is 8.50. The van der Waals surface area contributed by atoms with Crippen molar-refractivity contribution < 1.29 is 9.90 Å². The maximum absolute atomic E-state index is 12.9. The second-order valence-corrected chi connectivity index (χ2v) is 7.35. The third kappa shape index (κ3) is 2.17. The van der Waals surface area contributed by atoms with Gasteiger partial charge in [-0.25, -0.2) is 0 Å². The van der Waals surface area contributed by atoms with Gasteiger partial charge in [-0.15, -0.1) is 11.3 Å². The van der Waals surface area contributed by atoms with Crippen LogP contribution < -0.4 is 0 Å². The van der Waals surface area contributed by atoms with Gasteiger partial charge in [-0.05, 0) is 49.1 Å². The van der Waals surface area contributed by atoms with Crippen LogP contribution in [0.5, 0.6) is 0 Å². The zero-order chi connectivity index (χ0) is 14.4. The van der Waals surface area contributed by atoms with E-state index in [9.17, 15) is 9.90 Å². The molecule has 4 rings (SSSR count). The third-order valence-electron chi connectivity index (χ3n) is 4.96. The molecule has 1 aromatic heterocycles. The molecule has 0 aliphatic carbocycles. The van der Waals surface area contributed by atoms with Gasteiger partial charge in [-0.3, -0.25) is 4.79 Å². The van der Waals surface area contributed by atoms with E-state index in [1.54, 1.807) is 11.3 Å². The van der Waals surface area contributed by atoms with Gasteiger partial charge in [0.25, 0.3) is 5.91 Å². The van der Waals surface area contributed by atoms with E-state index in [1.807, 2.05) is 18.2 Å². The van der Waals surface area contributed by atoms with Crippen molar-refractivity contribution in [3.05, 3.63) is 35.2 Å². The lowest BCUT2D eigenvalue weighted by atomic mass is 9.91. The predicted molar refractivity (Wildman–Crippen MR) is 84.6 cm³/mol. The highest BCUT2D eigenvalue weighted by Crippen LogP contribution is 2.40.